The lowest BCUT2D eigenvalue weighted by molar-refractivity contribution is 1.28. The van der Waals surface area contributed by atoms with Crippen LogP contribution in [0.4, 0.5) is 17.1 Å². The van der Waals surface area contributed by atoms with Crippen LogP contribution < -0.4 is 25.6 Å². The van der Waals surface area contributed by atoms with Crippen LogP contribution in [0.25, 0.3) is 44.5 Å². The van der Waals surface area contributed by atoms with Crippen LogP contribution in [0, 0.1) is 0 Å². The van der Waals surface area contributed by atoms with Crippen molar-refractivity contribution in [2.75, 3.05) is 4.90 Å². The van der Waals surface area contributed by atoms with Gasteiger partial charge in [0.2, 0.25) is 0 Å². The van der Waals surface area contributed by atoms with Crippen LogP contribution in [-0.2, 0) is 0 Å². The fraction of sp³-hybridized carbons (Fsp3) is 0.0870. The summed E-state index contributed by atoms with van der Waals surface area (Å²) in [5.74, 6) is 0. The number of nitrogens with zero attached hydrogens (tertiary/aromatic N) is 1. The molecule has 0 saturated carbocycles. The van der Waals surface area contributed by atoms with Crippen molar-refractivity contribution in [2.45, 2.75) is 26.2 Å². The first kappa shape index (κ1) is 29.9. The molecule has 0 aliphatic carbocycles. The Morgan fingerprint density at radius 3 is 1.18 bits per heavy atom. The van der Waals surface area contributed by atoms with Gasteiger partial charge in [-0.15, -0.1) is 0 Å². The summed E-state index contributed by atoms with van der Waals surface area (Å²) >= 11 is 0. The van der Waals surface area contributed by atoms with Crippen molar-refractivity contribution < 1.29 is 0 Å². The molecule has 0 radical (unpaired) electrons. The Kier molecular flexibility index (Phi) is 6.81. The molecule has 0 spiro atoms. The number of hydrogen-bond donors (Lipinski definition) is 0. The van der Waals surface area contributed by atoms with Gasteiger partial charge >= 0.3 is 0 Å². The third-order valence-electron chi connectivity index (χ3n) is 11.1. The number of para-hydroxylation sites is 1. The molecule has 0 bridgehead atoms. The van der Waals surface area contributed by atoms with Crippen LogP contribution in [0.3, 0.4) is 0 Å². The van der Waals surface area contributed by atoms with Gasteiger partial charge in [0, 0.05) is 17.1 Å². The zero-order valence-electron chi connectivity index (χ0n) is 28.5. The van der Waals surface area contributed by atoms with E-state index < -0.39 is 16.1 Å². The molecule has 0 atom stereocenters. The van der Waals surface area contributed by atoms with E-state index in [0.717, 1.165) is 17.1 Å². The van der Waals surface area contributed by atoms with Gasteiger partial charge in [-0.05, 0) is 102 Å². The second kappa shape index (κ2) is 11.2. The highest BCUT2D eigenvalue weighted by molar-refractivity contribution is 7.04. The fourth-order valence-corrected chi connectivity index (χ4v) is 14.6. The van der Waals surface area contributed by atoms with E-state index in [1.807, 2.05) is 0 Å². The number of fused-ring (bicyclic) bond motifs is 6. The van der Waals surface area contributed by atoms with E-state index in [9.17, 15) is 0 Å². The summed E-state index contributed by atoms with van der Waals surface area (Å²) in [6, 6.07) is 61.2. The average Bonchev–Trinajstić information content (AvgIpc) is 3.51. The molecule has 0 N–H and O–H groups in total. The van der Waals surface area contributed by atoms with Crippen LogP contribution in [0.2, 0.25) is 26.2 Å². The lowest BCUT2D eigenvalue weighted by Crippen LogP contribution is -2.49. The van der Waals surface area contributed by atoms with E-state index in [1.165, 1.54) is 54.9 Å². The minimum atomic E-state index is -1.77. The van der Waals surface area contributed by atoms with Crippen molar-refractivity contribution >= 4 is 54.0 Å². The van der Waals surface area contributed by atoms with Gasteiger partial charge in [0.05, 0.1) is 0 Å². The highest BCUT2D eigenvalue weighted by Gasteiger charge is 2.38. The largest absolute Gasteiger partial charge is 0.310 e. The van der Waals surface area contributed by atoms with Gasteiger partial charge in [0.25, 0.3) is 0 Å². The lowest BCUT2D eigenvalue weighted by atomic mass is 9.99. The van der Waals surface area contributed by atoms with Crippen LogP contribution >= 0.6 is 0 Å². The lowest BCUT2D eigenvalue weighted by Gasteiger charge is -2.27. The number of hydrogen-bond acceptors (Lipinski definition) is 1. The first-order chi connectivity index (χ1) is 23.8. The molecule has 9 rings (SSSR count). The molecule has 0 aromatic heterocycles. The molecule has 0 amide bonds. The standard InChI is InChI=1S/C46H39NSi2/c1-48(2)43-22-10-8-20-39(43)41-26-24-34(30-45(41)48)32-14-12-18-37(28-32)47(36-16-6-5-7-17-36)38-19-13-15-33(29-38)35-25-27-42-40-21-9-11-23-44(40)49(3,4)46(42)31-35/h5-31H,1-4H3. The third kappa shape index (κ3) is 4.72. The van der Waals surface area contributed by atoms with Crippen molar-refractivity contribution in [3.8, 4) is 44.5 Å². The van der Waals surface area contributed by atoms with E-state index in [2.05, 4.69) is 195 Å². The molecule has 2 aliphatic rings. The molecule has 1 nitrogen and oxygen atoms in total. The van der Waals surface area contributed by atoms with Crippen molar-refractivity contribution in [2.24, 2.45) is 0 Å². The predicted octanol–water partition coefficient (Wildman–Crippen LogP) is 10.1. The van der Waals surface area contributed by atoms with Gasteiger partial charge in [-0.2, -0.15) is 0 Å². The summed E-state index contributed by atoms with van der Waals surface area (Å²) in [4.78, 5) is 2.40. The van der Waals surface area contributed by atoms with Gasteiger partial charge in [-0.25, -0.2) is 0 Å². The first-order valence-electron chi connectivity index (χ1n) is 17.4. The topological polar surface area (TPSA) is 3.24 Å². The van der Waals surface area contributed by atoms with Crippen molar-refractivity contribution in [1.82, 2.24) is 0 Å². The maximum Gasteiger partial charge on any atom is 0.113 e. The van der Waals surface area contributed by atoms with Crippen LogP contribution in [0.5, 0.6) is 0 Å². The molecule has 236 valence electrons. The molecule has 0 fully saturated rings. The predicted molar refractivity (Wildman–Crippen MR) is 216 cm³/mol. The van der Waals surface area contributed by atoms with E-state index >= 15 is 0 Å². The molecule has 2 heterocycles. The zero-order valence-corrected chi connectivity index (χ0v) is 30.5. The fourth-order valence-electron chi connectivity index (χ4n) is 8.44. The van der Waals surface area contributed by atoms with Gasteiger partial charge in [-0.3, -0.25) is 0 Å². The Morgan fingerprint density at radius 2 is 0.694 bits per heavy atom. The van der Waals surface area contributed by atoms with E-state index in [1.54, 1.807) is 10.4 Å². The van der Waals surface area contributed by atoms with Gasteiger partial charge in [-0.1, -0.05) is 154 Å². The van der Waals surface area contributed by atoms with Crippen LogP contribution in [0.15, 0.2) is 164 Å². The Hall–Kier alpha value is -5.23. The monoisotopic (exact) mass is 661 g/mol. The number of anilines is 3. The van der Waals surface area contributed by atoms with E-state index in [-0.39, 0.29) is 0 Å². The molecule has 7 aromatic rings. The second-order valence-electron chi connectivity index (χ2n) is 14.6. The van der Waals surface area contributed by atoms with Gasteiger partial charge in [0.1, 0.15) is 16.1 Å². The summed E-state index contributed by atoms with van der Waals surface area (Å²) < 4.78 is 0. The Labute approximate surface area is 292 Å². The third-order valence-corrected chi connectivity index (χ3v) is 18.1. The minimum absolute atomic E-state index is 1.15. The second-order valence-corrected chi connectivity index (χ2v) is 23.3. The Morgan fingerprint density at radius 1 is 0.306 bits per heavy atom. The quantitative estimate of drug-likeness (QED) is 0.166. The molecule has 2 aliphatic heterocycles. The van der Waals surface area contributed by atoms with Crippen molar-refractivity contribution in [3.05, 3.63) is 164 Å². The summed E-state index contributed by atoms with van der Waals surface area (Å²) in [6.45, 7) is 9.96. The van der Waals surface area contributed by atoms with E-state index in [0.29, 0.717) is 0 Å². The van der Waals surface area contributed by atoms with E-state index in [4.69, 9.17) is 0 Å². The summed E-state index contributed by atoms with van der Waals surface area (Å²) in [6.07, 6.45) is 0. The molecule has 3 heteroatoms. The normalized spacial score (nSPS) is 14.4. The van der Waals surface area contributed by atoms with Gasteiger partial charge < -0.3 is 4.90 Å². The van der Waals surface area contributed by atoms with Crippen molar-refractivity contribution in [3.63, 3.8) is 0 Å². The van der Waals surface area contributed by atoms with Crippen molar-refractivity contribution in [1.29, 1.82) is 0 Å². The summed E-state index contributed by atoms with van der Waals surface area (Å²) in [5.41, 5.74) is 14.2. The smallest absolute Gasteiger partial charge is 0.113 e. The van der Waals surface area contributed by atoms with Crippen LogP contribution in [0.1, 0.15) is 0 Å². The molecular weight excluding hydrogens is 623 g/mol. The number of benzene rings is 7. The zero-order chi connectivity index (χ0) is 33.3. The molecular formula is C46H39NSi2. The molecule has 0 saturated heterocycles. The maximum absolute atomic E-state index is 2.49. The first-order valence-corrected chi connectivity index (χ1v) is 23.4. The maximum atomic E-state index is 2.49. The summed E-state index contributed by atoms with van der Waals surface area (Å²) in [7, 11) is -3.53. The Bertz CT molecular complexity index is 2260. The minimum Gasteiger partial charge on any atom is -0.310 e. The van der Waals surface area contributed by atoms with Gasteiger partial charge in [0.15, 0.2) is 0 Å². The van der Waals surface area contributed by atoms with Crippen LogP contribution in [-0.4, -0.2) is 16.1 Å². The Balaban J connectivity index is 1.12. The molecule has 0 unspecified atom stereocenters. The number of rotatable bonds is 5. The molecule has 49 heavy (non-hydrogen) atoms. The average molecular weight is 662 g/mol. The highest BCUT2D eigenvalue weighted by Crippen LogP contribution is 2.39. The molecule has 7 aromatic carbocycles. The highest BCUT2D eigenvalue weighted by atomic mass is 28.3. The summed E-state index contributed by atoms with van der Waals surface area (Å²) in [5, 5.41) is 6.16. The SMILES string of the molecule is C[Si]1(C)c2ccccc2-c2ccc(-c3cccc(N(c4ccccc4)c4cccc(-c5ccc6c(c5)[Si](C)(C)c5ccccc5-6)c4)c3)cc21.